The van der Waals surface area contributed by atoms with Crippen molar-refractivity contribution in [1.82, 2.24) is 24.8 Å². The number of nitrogens with zero attached hydrogens (tertiary/aromatic N) is 5. The molecule has 0 unspecified atom stereocenters. The lowest BCUT2D eigenvalue weighted by Crippen LogP contribution is -2.31. The van der Waals surface area contributed by atoms with Crippen molar-refractivity contribution in [2.24, 2.45) is 0 Å². The summed E-state index contributed by atoms with van der Waals surface area (Å²) in [6.45, 7) is 0.484. The summed E-state index contributed by atoms with van der Waals surface area (Å²) >= 11 is 0. The molecule has 1 aliphatic heterocycles. The molecule has 1 N–H and O–H groups in total. The number of nitrogens with one attached hydrogen (secondary N) is 1. The van der Waals surface area contributed by atoms with Gasteiger partial charge >= 0.3 is 6.18 Å². The molecule has 0 spiro atoms. The molecule has 2 aliphatic rings. The number of sulfonamides is 1. The first-order valence-corrected chi connectivity index (χ1v) is 12.8. The van der Waals surface area contributed by atoms with Crippen molar-refractivity contribution in [2.45, 2.75) is 43.2 Å². The number of carbonyl (C=O) groups is 1. The zero-order chi connectivity index (χ0) is 25.5. The molecule has 13 heteroatoms. The van der Waals surface area contributed by atoms with Crippen molar-refractivity contribution in [3.63, 3.8) is 0 Å². The fraction of sp³-hybridized carbons (Fsp3) is 0.348. The Morgan fingerprint density at radius 1 is 1.03 bits per heavy atom. The average Bonchev–Trinajstić information content (AvgIpc) is 3.61. The van der Waals surface area contributed by atoms with E-state index < -0.39 is 27.1 Å². The SMILES string of the molecule is O=C(c1ccc(-c2cncc(C(F)(F)F)n2)cc1)N1CCC[C@H]1c1ccnc(NS(=O)(=O)C2CC2)n1. The maximum Gasteiger partial charge on any atom is 0.434 e. The Bertz CT molecular complexity index is 1390. The number of hydrogen-bond donors (Lipinski definition) is 1. The van der Waals surface area contributed by atoms with Crippen molar-refractivity contribution in [1.29, 1.82) is 0 Å². The zero-order valence-electron chi connectivity index (χ0n) is 18.8. The van der Waals surface area contributed by atoms with Crippen molar-refractivity contribution in [3.05, 3.63) is 65.9 Å². The number of likely N-dealkylation sites (tertiary alicyclic amines) is 1. The van der Waals surface area contributed by atoms with E-state index in [1.54, 1.807) is 11.0 Å². The third-order valence-electron chi connectivity index (χ3n) is 6.08. The Labute approximate surface area is 204 Å². The Kier molecular flexibility index (Phi) is 6.10. The van der Waals surface area contributed by atoms with Crippen molar-refractivity contribution in [2.75, 3.05) is 11.3 Å². The lowest BCUT2D eigenvalue weighted by atomic mass is 10.1. The van der Waals surface area contributed by atoms with Gasteiger partial charge in [-0.1, -0.05) is 12.1 Å². The van der Waals surface area contributed by atoms with Crippen LogP contribution in [0.5, 0.6) is 0 Å². The van der Waals surface area contributed by atoms with Crippen LogP contribution in [0, 0.1) is 0 Å². The highest BCUT2D eigenvalue weighted by Gasteiger charge is 2.37. The number of rotatable bonds is 6. The first-order valence-electron chi connectivity index (χ1n) is 11.3. The summed E-state index contributed by atoms with van der Waals surface area (Å²) in [5, 5.41) is -0.417. The molecule has 3 heterocycles. The van der Waals surface area contributed by atoms with Gasteiger partial charge in [0.25, 0.3) is 5.91 Å². The molecule has 2 fully saturated rings. The number of alkyl halides is 3. The summed E-state index contributed by atoms with van der Waals surface area (Å²) in [6.07, 6.45) is 1.34. The fourth-order valence-corrected chi connectivity index (χ4v) is 5.38. The minimum absolute atomic E-state index is 0.0229. The van der Waals surface area contributed by atoms with E-state index in [0.29, 0.717) is 48.8 Å². The quantitative estimate of drug-likeness (QED) is 0.527. The molecule has 0 radical (unpaired) electrons. The third kappa shape index (κ3) is 5.01. The van der Waals surface area contributed by atoms with E-state index in [2.05, 4.69) is 24.7 Å². The van der Waals surface area contributed by atoms with Crippen LogP contribution in [0.1, 0.15) is 53.5 Å². The number of carbonyl (C=O) groups excluding carboxylic acids is 1. The van der Waals surface area contributed by atoms with Crippen LogP contribution in [0.25, 0.3) is 11.3 Å². The third-order valence-corrected chi connectivity index (χ3v) is 7.90. The van der Waals surface area contributed by atoms with Crippen molar-refractivity contribution >= 4 is 21.9 Å². The van der Waals surface area contributed by atoms with Gasteiger partial charge in [-0.3, -0.25) is 14.5 Å². The van der Waals surface area contributed by atoms with Crippen LogP contribution in [0.15, 0.2) is 48.9 Å². The highest BCUT2D eigenvalue weighted by atomic mass is 32.2. The summed E-state index contributed by atoms with van der Waals surface area (Å²) in [7, 11) is -3.52. The molecule has 1 saturated heterocycles. The second kappa shape index (κ2) is 9.12. The van der Waals surface area contributed by atoms with Crippen LogP contribution >= 0.6 is 0 Å². The second-order valence-electron chi connectivity index (χ2n) is 8.67. The van der Waals surface area contributed by atoms with E-state index in [-0.39, 0.29) is 23.6 Å². The Morgan fingerprint density at radius 2 is 1.78 bits per heavy atom. The molecule has 0 bridgehead atoms. The Morgan fingerprint density at radius 3 is 2.47 bits per heavy atom. The molecule has 36 heavy (non-hydrogen) atoms. The number of amides is 1. The van der Waals surface area contributed by atoms with E-state index >= 15 is 0 Å². The van der Waals surface area contributed by atoms with E-state index in [0.717, 1.165) is 6.42 Å². The van der Waals surface area contributed by atoms with Gasteiger partial charge in [-0.25, -0.2) is 23.4 Å². The molecule has 188 valence electrons. The zero-order valence-corrected chi connectivity index (χ0v) is 19.6. The van der Waals surface area contributed by atoms with Crippen LogP contribution in [-0.4, -0.2) is 51.0 Å². The topological polar surface area (TPSA) is 118 Å². The van der Waals surface area contributed by atoms with E-state index in [1.165, 1.54) is 36.7 Å². The van der Waals surface area contributed by atoms with Gasteiger partial charge in [-0.05, 0) is 43.9 Å². The average molecular weight is 519 g/mol. The summed E-state index contributed by atoms with van der Waals surface area (Å²) in [5.74, 6) is -0.289. The standard InChI is InChI=1S/C23H21F3N6O3S/c24-23(25,26)20-13-27-12-18(29-20)14-3-5-15(6-4-14)21(33)32-11-1-2-19(32)17-9-10-28-22(30-17)31-36(34,35)16-7-8-16/h3-6,9-10,12-13,16,19H,1-2,7-8,11H2,(H,28,30,31)/t19-/m0/s1. The van der Waals surface area contributed by atoms with Crippen LogP contribution in [0.3, 0.4) is 0 Å². The van der Waals surface area contributed by atoms with Gasteiger partial charge < -0.3 is 4.90 Å². The van der Waals surface area contributed by atoms with Gasteiger partial charge in [0, 0.05) is 23.9 Å². The van der Waals surface area contributed by atoms with Gasteiger partial charge in [0.2, 0.25) is 16.0 Å². The highest BCUT2D eigenvalue weighted by Crippen LogP contribution is 2.34. The monoisotopic (exact) mass is 518 g/mol. The van der Waals surface area contributed by atoms with Crippen LogP contribution in [0.4, 0.5) is 19.1 Å². The second-order valence-corrected chi connectivity index (χ2v) is 10.6. The van der Waals surface area contributed by atoms with Gasteiger partial charge in [0.05, 0.1) is 35.1 Å². The maximum absolute atomic E-state index is 13.3. The van der Waals surface area contributed by atoms with Crippen LogP contribution < -0.4 is 4.72 Å². The number of hydrogen-bond acceptors (Lipinski definition) is 7. The molecular formula is C23H21F3N6O3S. The molecule has 1 atom stereocenters. The normalized spacial score (nSPS) is 18.3. The summed E-state index contributed by atoms with van der Waals surface area (Å²) < 4.78 is 65.7. The van der Waals surface area contributed by atoms with Gasteiger partial charge in [-0.2, -0.15) is 13.2 Å². The molecule has 1 saturated carbocycles. The molecule has 3 aromatic rings. The van der Waals surface area contributed by atoms with Crippen LogP contribution in [-0.2, 0) is 16.2 Å². The van der Waals surface area contributed by atoms with Gasteiger partial charge in [0.1, 0.15) is 0 Å². The van der Waals surface area contributed by atoms with E-state index in [9.17, 15) is 26.4 Å². The van der Waals surface area contributed by atoms with Gasteiger partial charge in [0.15, 0.2) is 5.69 Å². The number of aromatic nitrogens is 4. The molecule has 2 aromatic heterocycles. The Balaban J connectivity index is 1.33. The largest absolute Gasteiger partial charge is 0.434 e. The van der Waals surface area contributed by atoms with Crippen molar-refractivity contribution in [3.8, 4) is 11.3 Å². The first kappa shape index (κ1) is 24.1. The predicted octanol–water partition coefficient (Wildman–Crippen LogP) is 3.83. The smallest absolute Gasteiger partial charge is 0.330 e. The minimum atomic E-state index is -4.61. The highest BCUT2D eigenvalue weighted by molar-refractivity contribution is 7.93. The summed E-state index contributed by atoms with van der Waals surface area (Å²) in [4.78, 5) is 30.5. The predicted molar refractivity (Wildman–Crippen MR) is 123 cm³/mol. The summed E-state index contributed by atoms with van der Waals surface area (Å²) in [6, 6.07) is 7.41. The summed E-state index contributed by atoms with van der Waals surface area (Å²) in [5.41, 5.74) is 0.231. The number of anilines is 1. The lowest BCUT2D eigenvalue weighted by Gasteiger charge is -2.24. The van der Waals surface area contributed by atoms with Crippen molar-refractivity contribution < 1.29 is 26.4 Å². The maximum atomic E-state index is 13.3. The minimum Gasteiger partial charge on any atom is -0.330 e. The molecular weight excluding hydrogens is 497 g/mol. The van der Waals surface area contributed by atoms with E-state index in [4.69, 9.17) is 0 Å². The van der Waals surface area contributed by atoms with Gasteiger partial charge in [-0.15, -0.1) is 0 Å². The molecule has 1 aromatic carbocycles. The number of halogens is 3. The van der Waals surface area contributed by atoms with E-state index in [1.807, 2.05) is 0 Å². The Hall–Kier alpha value is -3.61. The van der Waals surface area contributed by atoms with Crippen LogP contribution in [0.2, 0.25) is 0 Å². The number of benzene rings is 1. The lowest BCUT2D eigenvalue weighted by molar-refractivity contribution is -0.141. The molecule has 9 nitrogen and oxygen atoms in total. The fourth-order valence-electron chi connectivity index (χ4n) is 4.10. The first-order chi connectivity index (χ1) is 17.1. The molecule has 1 aliphatic carbocycles. The molecule has 1 amide bonds. The molecule has 5 rings (SSSR count).